The van der Waals surface area contributed by atoms with E-state index in [0.29, 0.717) is 5.69 Å². The van der Waals surface area contributed by atoms with Crippen molar-refractivity contribution in [2.45, 2.75) is 19.8 Å². The lowest BCUT2D eigenvalue weighted by Gasteiger charge is -2.05. The summed E-state index contributed by atoms with van der Waals surface area (Å²) in [5.74, 6) is 0. The van der Waals surface area contributed by atoms with Crippen LogP contribution in [0.1, 0.15) is 33.4 Å². The monoisotopic (exact) mass is 270 g/mol. The molecule has 3 rings (SSSR count). The van der Waals surface area contributed by atoms with Crippen LogP contribution in [0.2, 0.25) is 0 Å². The number of benzene rings is 1. The second-order valence-corrected chi connectivity index (χ2v) is 5.54. The summed E-state index contributed by atoms with van der Waals surface area (Å²) in [5.41, 5.74) is 3.34. The van der Waals surface area contributed by atoms with Crippen LogP contribution in [0.5, 0.6) is 0 Å². The average Bonchev–Trinajstić information content (AvgIpc) is 2.99. The first-order chi connectivity index (χ1) is 9.31. The standard InChI is InChI=1S/C15H14N2OS/c1-2-11-5-3-4-6-12(11)7-14-9-17-13(10-18)8-16-15(17)19-14/h3-6,8-10H,2,7H2,1H3. The van der Waals surface area contributed by atoms with Crippen molar-refractivity contribution < 1.29 is 4.79 Å². The first-order valence-electron chi connectivity index (χ1n) is 6.29. The molecule has 0 radical (unpaired) electrons. The van der Waals surface area contributed by atoms with Crippen LogP contribution in [0.25, 0.3) is 4.96 Å². The van der Waals surface area contributed by atoms with Gasteiger partial charge < -0.3 is 0 Å². The van der Waals surface area contributed by atoms with Gasteiger partial charge in [-0.15, -0.1) is 11.3 Å². The minimum Gasteiger partial charge on any atom is -0.296 e. The number of rotatable bonds is 4. The quantitative estimate of drug-likeness (QED) is 0.681. The van der Waals surface area contributed by atoms with Gasteiger partial charge in [-0.05, 0) is 17.5 Å². The highest BCUT2D eigenvalue weighted by Gasteiger charge is 2.09. The number of thiazole rings is 1. The Kier molecular flexibility index (Phi) is 3.17. The number of aryl methyl sites for hydroxylation is 1. The zero-order valence-corrected chi connectivity index (χ0v) is 11.5. The molecule has 0 amide bonds. The molecule has 0 atom stereocenters. The smallest absolute Gasteiger partial charge is 0.194 e. The largest absolute Gasteiger partial charge is 0.296 e. The number of carbonyl (C=O) groups is 1. The van der Waals surface area contributed by atoms with Gasteiger partial charge in [0.1, 0.15) is 5.69 Å². The lowest BCUT2D eigenvalue weighted by Crippen LogP contribution is -1.93. The molecule has 3 aromatic rings. The molecule has 0 spiro atoms. The number of aldehydes is 1. The maximum atomic E-state index is 10.9. The van der Waals surface area contributed by atoms with Gasteiger partial charge in [0.25, 0.3) is 0 Å². The van der Waals surface area contributed by atoms with Crippen molar-refractivity contribution in [3.63, 3.8) is 0 Å². The Morgan fingerprint density at radius 2 is 2.11 bits per heavy atom. The second kappa shape index (κ2) is 4.97. The zero-order chi connectivity index (χ0) is 13.2. The van der Waals surface area contributed by atoms with Crippen LogP contribution in [0.15, 0.2) is 36.7 Å². The van der Waals surface area contributed by atoms with Gasteiger partial charge in [0.2, 0.25) is 0 Å². The molecule has 0 saturated heterocycles. The van der Waals surface area contributed by atoms with E-state index >= 15 is 0 Å². The summed E-state index contributed by atoms with van der Waals surface area (Å²) < 4.78 is 1.86. The van der Waals surface area contributed by atoms with E-state index in [1.807, 2.05) is 10.6 Å². The molecule has 0 fully saturated rings. The van der Waals surface area contributed by atoms with Gasteiger partial charge in [-0.25, -0.2) is 4.98 Å². The number of hydrogen-bond donors (Lipinski definition) is 0. The van der Waals surface area contributed by atoms with Gasteiger partial charge in [-0.1, -0.05) is 31.2 Å². The van der Waals surface area contributed by atoms with Crippen LogP contribution in [0.4, 0.5) is 0 Å². The molecule has 2 heterocycles. The molecule has 19 heavy (non-hydrogen) atoms. The molecular weight excluding hydrogens is 256 g/mol. The van der Waals surface area contributed by atoms with Crippen molar-refractivity contribution in [3.8, 4) is 0 Å². The van der Waals surface area contributed by atoms with E-state index in [2.05, 4.69) is 36.2 Å². The van der Waals surface area contributed by atoms with E-state index in [0.717, 1.165) is 24.1 Å². The number of hydrogen-bond acceptors (Lipinski definition) is 3. The summed E-state index contributed by atoms with van der Waals surface area (Å²) >= 11 is 1.64. The number of imidazole rings is 1. The third kappa shape index (κ3) is 2.19. The van der Waals surface area contributed by atoms with Gasteiger partial charge in [-0.3, -0.25) is 9.20 Å². The number of fused-ring (bicyclic) bond motifs is 1. The van der Waals surface area contributed by atoms with Crippen LogP contribution in [0.3, 0.4) is 0 Å². The molecule has 3 nitrogen and oxygen atoms in total. The molecule has 4 heteroatoms. The van der Waals surface area contributed by atoms with Crippen molar-refractivity contribution in [1.82, 2.24) is 9.38 Å². The van der Waals surface area contributed by atoms with E-state index in [1.54, 1.807) is 17.5 Å². The fourth-order valence-corrected chi connectivity index (χ4v) is 3.26. The van der Waals surface area contributed by atoms with Crippen molar-refractivity contribution >= 4 is 22.6 Å². The first kappa shape index (κ1) is 12.1. The van der Waals surface area contributed by atoms with Crippen molar-refractivity contribution in [2.24, 2.45) is 0 Å². The molecule has 1 aromatic carbocycles. The molecule has 0 aliphatic carbocycles. The maximum absolute atomic E-state index is 10.9. The highest BCUT2D eigenvalue weighted by Crippen LogP contribution is 2.22. The van der Waals surface area contributed by atoms with Crippen molar-refractivity contribution in [3.05, 3.63) is 58.4 Å². The summed E-state index contributed by atoms with van der Waals surface area (Å²) in [6.07, 6.45) is 6.41. The molecule has 0 bridgehead atoms. The van der Waals surface area contributed by atoms with Gasteiger partial charge >= 0.3 is 0 Å². The third-order valence-corrected chi connectivity index (χ3v) is 4.27. The predicted molar refractivity (Wildman–Crippen MR) is 77.1 cm³/mol. The molecule has 96 valence electrons. The Bertz CT molecular complexity index is 727. The van der Waals surface area contributed by atoms with Gasteiger partial charge in [0.05, 0.1) is 6.20 Å². The summed E-state index contributed by atoms with van der Waals surface area (Å²) in [4.78, 5) is 17.2. The highest BCUT2D eigenvalue weighted by atomic mass is 32.1. The maximum Gasteiger partial charge on any atom is 0.194 e. The Balaban J connectivity index is 1.96. The Morgan fingerprint density at radius 3 is 2.84 bits per heavy atom. The summed E-state index contributed by atoms with van der Waals surface area (Å²) in [6.45, 7) is 2.17. The summed E-state index contributed by atoms with van der Waals surface area (Å²) in [5, 5.41) is 0. The van der Waals surface area contributed by atoms with Crippen LogP contribution in [0, 0.1) is 0 Å². The topological polar surface area (TPSA) is 34.4 Å². The van der Waals surface area contributed by atoms with Crippen LogP contribution in [-0.2, 0) is 12.8 Å². The molecule has 0 N–H and O–H groups in total. The summed E-state index contributed by atoms with van der Waals surface area (Å²) in [6, 6.07) is 8.49. The highest BCUT2D eigenvalue weighted by molar-refractivity contribution is 7.17. The Labute approximate surface area is 115 Å². The molecule has 2 aromatic heterocycles. The lowest BCUT2D eigenvalue weighted by molar-refractivity contribution is 0.111. The van der Waals surface area contributed by atoms with Crippen LogP contribution >= 0.6 is 11.3 Å². The SMILES string of the molecule is CCc1ccccc1Cc1cn2c(C=O)cnc2s1. The van der Waals surface area contributed by atoms with Gasteiger partial charge in [-0.2, -0.15) is 0 Å². The average molecular weight is 270 g/mol. The Hall–Kier alpha value is -1.94. The minimum absolute atomic E-state index is 0.612. The Morgan fingerprint density at radius 1 is 1.32 bits per heavy atom. The molecule has 0 aliphatic heterocycles. The molecule has 0 unspecified atom stereocenters. The fraction of sp³-hybridized carbons (Fsp3) is 0.200. The fourth-order valence-electron chi connectivity index (χ4n) is 2.28. The van der Waals surface area contributed by atoms with Crippen molar-refractivity contribution in [1.29, 1.82) is 0 Å². The van der Waals surface area contributed by atoms with Gasteiger partial charge in [0, 0.05) is 17.5 Å². The van der Waals surface area contributed by atoms with E-state index in [9.17, 15) is 4.79 Å². The molecule has 0 aliphatic rings. The van der Waals surface area contributed by atoms with E-state index < -0.39 is 0 Å². The second-order valence-electron chi connectivity index (χ2n) is 4.45. The predicted octanol–water partition coefficient (Wildman–Crippen LogP) is 3.36. The molecule has 0 saturated carbocycles. The zero-order valence-electron chi connectivity index (χ0n) is 10.7. The first-order valence-corrected chi connectivity index (χ1v) is 7.11. The lowest BCUT2D eigenvalue weighted by atomic mass is 10.0. The van der Waals surface area contributed by atoms with Crippen LogP contribution in [-0.4, -0.2) is 15.7 Å². The van der Waals surface area contributed by atoms with E-state index in [1.165, 1.54) is 16.0 Å². The number of aromatic nitrogens is 2. The van der Waals surface area contributed by atoms with E-state index in [-0.39, 0.29) is 0 Å². The van der Waals surface area contributed by atoms with Crippen LogP contribution < -0.4 is 0 Å². The minimum atomic E-state index is 0.612. The number of carbonyl (C=O) groups excluding carboxylic acids is 1. The summed E-state index contributed by atoms with van der Waals surface area (Å²) in [7, 11) is 0. The number of nitrogens with zero attached hydrogens (tertiary/aromatic N) is 2. The van der Waals surface area contributed by atoms with E-state index in [4.69, 9.17) is 0 Å². The van der Waals surface area contributed by atoms with Gasteiger partial charge in [0.15, 0.2) is 11.2 Å². The van der Waals surface area contributed by atoms with Crippen molar-refractivity contribution in [2.75, 3.05) is 0 Å². The molecular formula is C15H14N2OS. The normalized spacial score (nSPS) is 11.0. The third-order valence-electron chi connectivity index (χ3n) is 3.27.